The van der Waals surface area contributed by atoms with E-state index in [2.05, 4.69) is 26.6 Å². The zero-order chi connectivity index (χ0) is 21.9. The van der Waals surface area contributed by atoms with E-state index in [1.165, 1.54) is 0 Å². The van der Waals surface area contributed by atoms with Crippen molar-refractivity contribution in [2.75, 3.05) is 6.54 Å². The van der Waals surface area contributed by atoms with Crippen molar-refractivity contribution in [2.24, 2.45) is 5.73 Å². The molecule has 0 spiro atoms. The molecule has 2 aromatic rings. The van der Waals surface area contributed by atoms with Crippen LogP contribution >= 0.6 is 15.9 Å². The number of aliphatic hydroxyl groups excluding tert-OH is 1. The third kappa shape index (κ3) is 8.62. The first-order valence-electron chi connectivity index (χ1n) is 9.29. The molecule has 0 heterocycles. The van der Waals surface area contributed by atoms with E-state index in [-0.39, 0.29) is 26.0 Å². The van der Waals surface area contributed by atoms with Crippen LogP contribution in [0.2, 0.25) is 0 Å². The van der Waals surface area contributed by atoms with Gasteiger partial charge in [-0.05, 0) is 23.3 Å². The van der Waals surface area contributed by atoms with Crippen molar-refractivity contribution in [3.63, 3.8) is 0 Å². The molecule has 0 aliphatic carbocycles. The smallest absolute Gasteiger partial charge is 0.407 e. The number of alkyl carbamates (subject to hydrolysis) is 1. The van der Waals surface area contributed by atoms with Crippen LogP contribution in [0.25, 0.3) is 0 Å². The highest BCUT2D eigenvalue weighted by atomic mass is 79.9. The van der Waals surface area contributed by atoms with Crippen molar-refractivity contribution in [2.45, 2.75) is 31.6 Å². The summed E-state index contributed by atoms with van der Waals surface area (Å²) >= 11 is 3.34. The van der Waals surface area contributed by atoms with Gasteiger partial charge in [0.2, 0.25) is 11.8 Å². The molecule has 30 heavy (non-hydrogen) atoms. The molecule has 160 valence electrons. The summed E-state index contributed by atoms with van der Waals surface area (Å²) in [5, 5.41) is 14.9. The van der Waals surface area contributed by atoms with Gasteiger partial charge in [-0.25, -0.2) is 4.79 Å². The Morgan fingerprint density at radius 1 is 1.07 bits per heavy atom. The Morgan fingerprint density at radius 3 is 2.43 bits per heavy atom. The van der Waals surface area contributed by atoms with Crippen LogP contribution < -0.4 is 16.4 Å². The van der Waals surface area contributed by atoms with Crippen LogP contribution in [0.4, 0.5) is 4.79 Å². The average Bonchev–Trinajstić information content (AvgIpc) is 2.71. The third-order valence-corrected chi connectivity index (χ3v) is 4.62. The number of rotatable bonds is 10. The maximum Gasteiger partial charge on any atom is 0.407 e. The molecule has 0 saturated heterocycles. The number of amides is 3. The van der Waals surface area contributed by atoms with E-state index < -0.39 is 30.1 Å². The number of carbonyl (C=O) groups is 3. The largest absolute Gasteiger partial charge is 0.445 e. The second kappa shape index (κ2) is 11.9. The summed E-state index contributed by atoms with van der Waals surface area (Å²) in [7, 11) is 0. The molecule has 8 nitrogen and oxygen atoms in total. The van der Waals surface area contributed by atoms with Gasteiger partial charge in [0.1, 0.15) is 12.6 Å². The van der Waals surface area contributed by atoms with Crippen molar-refractivity contribution < 1.29 is 24.2 Å². The molecule has 2 aromatic carbocycles. The predicted octanol–water partition coefficient (Wildman–Crippen LogP) is 1.64. The molecule has 0 radical (unpaired) electrons. The summed E-state index contributed by atoms with van der Waals surface area (Å²) in [5.74, 6) is -1.24. The molecule has 0 aromatic heterocycles. The first-order chi connectivity index (χ1) is 14.3. The second-order valence-corrected chi connectivity index (χ2v) is 7.57. The van der Waals surface area contributed by atoms with Gasteiger partial charge in [-0.15, -0.1) is 0 Å². The lowest BCUT2D eigenvalue weighted by Gasteiger charge is -2.17. The van der Waals surface area contributed by atoms with Crippen LogP contribution in [-0.4, -0.2) is 41.7 Å². The average molecular weight is 478 g/mol. The van der Waals surface area contributed by atoms with Crippen LogP contribution in [0.1, 0.15) is 17.5 Å². The van der Waals surface area contributed by atoms with Crippen LogP contribution in [0, 0.1) is 0 Å². The molecule has 0 bridgehead atoms. The molecule has 3 amide bonds. The van der Waals surface area contributed by atoms with Gasteiger partial charge in [0.15, 0.2) is 0 Å². The molecule has 9 heteroatoms. The number of benzene rings is 2. The zero-order valence-corrected chi connectivity index (χ0v) is 17.8. The first-order valence-corrected chi connectivity index (χ1v) is 10.1. The summed E-state index contributed by atoms with van der Waals surface area (Å²) in [5.41, 5.74) is 7.03. The summed E-state index contributed by atoms with van der Waals surface area (Å²) in [4.78, 5) is 35.5. The lowest BCUT2D eigenvalue weighted by Crippen LogP contribution is -2.47. The van der Waals surface area contributed by atoms with E-state index in [1.54, 1.807) is 0 Å². The maximum absolute atomic E-state index is 12.1. The van der Waals surface area contributed by atoms with E-state index in [9.17, 15) is 19.5 Å². The summed E-state index contributed by atoms with van der Waals surface area (Å²) in [6.45, 7) is -0.0763. The fourth-order valence-corrected chi connectivity index (χ4v) is 3.08. The van der Waals surface area contributed by atoms with Gasteiger partial charge in [-0.1, -0.05) is 58.4 Å². The van der Waals surface area contributed by atoms with Crippen molar-refractivity contribution >= 4 is 33.8 Å². The van der Waals surface area contributed by atoms with Gasteiger partial charge < -0.3 is 26.2 Å². The van der Waals surface area contributed by atoms with Crippen LogP contribution in [0.15, 0.2) is 59.1 Å². The Hall–Kier alpha value is -2.91. The summed E-state index contributed by atoms with van der Waals surface area (Å²) < 4.78 is 5.87. The third-order valence-electron chi connectivity index (χ3n) is 4.12. The van der Waals surface area contributed by atoms with E-state index in [1.807, 2.05) is 54.6 Å². The van der Waals surface area contributed by atoms with Gasteiger partial charge in [-0.3, -0.25) is 9.59 Å². The number of halogens is 1. The second-order valence-electron chi connectivity index (χ2n) is 6.66. The zero-order valence-electron chi connectivity index (χ0n) is 16.2. The van der Waals surface area contributed by atoms with Gasteiger partial charge in [0, 0.05) is 17.4 Å². The quantitative estimate of drug-likeness (QED) is 0.413. The number of primary amides is 1. The fraction of sp³-hybridized carbons (Fsp3) is 0.286. The summed E-state index contributed by atoms with van der Waals surface area (Å²) in [6.07, 6.45) is -1.93. The van der Waals surface area contributed by atoms with Crippen LogP contribution in [0.5, 0.6) is 0 Å². The molecular formula is C21H24BrN3O5. The monoisotopic (exact) mass is 477 g/mol. The molecule has 2 atom stereocenters. The van der Waals surface area contributed by atoms with E-state index in [0.717, 1.165) is 15.6 Å². The van der Waals surface area contributed by atoms with Crippen LogP contribution in [0.3, 0.4) is 0 Å². The number of ether oxygens (including phenoxy) is 1. The highest BCUT2D eigenvalue weighted by Crippen LogP contribution is 2.13. The standard InChI is InChI=1S/C21H24BrN3O5/c22-16-8-4-7-15(9-16)10-18(20(23)28)25-19(27)11-17(26)12-24-21(29)30-13-14-5-2-1-3-6-14/h1-9,17-18,26H,10-13H2,(H2,23,28)(H,24,29)(H,25,27)/t17-,18+/m1/s1. The van der Waals surface area contributed by atoms with Gasteiger partial charge in [0.25, 0.3) is 0 Å². The molecule has 2 rings (SSSR count). The Morgan fingerprint density at radius 2 is 1.77 bits per heavy atom. The molecule has 0 aliphatic heterocycles. The van der Waals surface area contributed by atoms with Crippen LogP contribution in [-0.2, 0) is 27.4 Å². The number of hydrogen-bond donors (Lipinski definition) is 4. The Kier molecular flexibility index (Phi) is 9.30. The summed E-state index contributed by atoms with van der Waals surface area (Å²) in [6, 6.07) is 15.5. The Labute approximate surface area is 182 Å². The highest BCUT2D eigenvalue weighted by Gasteiger charge is 2.21. The molecule has 0 fully saturated rings. The van der Waals surface area contributed by atoms with E-state index in [4.69, 9.17) is 10.5 Å². The predicted molar refractivity (Wildman–Crippen MR) is 114 cm³/mol. The normalized spacial score (nSPS) is 12.5. The maximum atomic E-state index is 12.1. The van der Waals surface area contributed by atoms with E-state index in [0.29, 0.717) is 0 Å². The molecule has 5 N–H and O–H groups in total. The highest BCUT2D eigenvalue weighted by molar-refractivity contribution is 9.10. The Balaban J connectivity index is 1.73. The van der Waals surface area contributed by atoms with Gasteiger partial charge >= 0.3 is 6.09 Å². The van der Waals surface area contributed by atoms with Gasteiger partial charge in [-0.2, -0.15) is 0 Å². The number of hydrogen-bond acceptors (Lipinski definition) is 5. The minimum absolute atomic E-state index is 0.0964. The van der Waals surface area contributed by atoms with Crippen molar-refractivity contribution in [1.82, 2.24) is 10.6 Å². The minimum atomic E-state index is -1.14. The molecular weight excluding hydrogens is 454 g/mol. The number of nitrogens with two attached hydrogens (primary N) is 1. The van der Waals surface area contributed by atoms with Crippen molar-refractivity contribution in [1.29, 1.82) is 0 Å². The lowest BCUT2D eigenvalue weighted by molar-refractivity contribution is -0.128. The number of nitrogens with one attached hydrogen (secondary N) is 2. The van der Waals surface area contributed by atoms with Crippen molar-refractivity contribution in [3.05, 3.63) is 70.2 Å². The molecule has 0 saturated carbocycles. The fourth-order valence-electron chi connectivity index (χ4n) is 2.64. The SMILES string of the molecule is NC(=O)[C@H](Cc1cccc(Br)c1)NC(=O)C[C@@H](O)CNC(=O)OCc1ccccc1. The minimum Gasteiger partial charge on any atom is -0.445 e. The first kappa shape index (κ1) is 23.4. The lowest BCUT2D eigenvalue weighted by atomic mass is 10.1. The van der Waals surface area contributed by atoms with Gasteiger partial charge in [0.05, 0.1) is 12.5 Å². The molecule has 0 aliphatic rings. The van der Waals surface area contributed by atoms with Crippen molar-refractivity contribution in [3.8, 4) is 0 Å². The number of aliphatic hydroxyl groups is 1. The Bertz CT molecular complexity index is 863. The topological polar surface area (TPSA) is 131 Å². The van der Waals surface area contributed by atoms with E-state index >= 15 is 0 Å². The molecule has 0 unspecified atom stereocenters. The number of carbonyl (C=O) groups excluding carboxylic acids is 3.